The monoisotopic (exact) mass is 314 g/mol. The molecule has 1 atom stereocenters. The third-order valence-corrected chi connectivity index (χ3v) is 3.71. The van der Waals surface area contributed by atoms with E-state index in [-0.39, 0.29) is 11.6 Å². The van der Waals surface area contributed by atoms with Crippen LogP contribution in [0, 0.1) is 6.92 Å². The Hall–Kier alpha value is -2.76. The molecular weight excluding hydrogens is 296 g/mol. The molecule has 6 heteroatoms. The van der Waals surface area contributed by atoms with E-state index >= 15 is 0 Å². The predicted molar refractivity (Wildman–Crippen MR) is 85.1 cm³/mol. The van der Waals surface area contributed by atoms with E-state index in [4.69, 9.17) is 9.47 Å². The first kappa shape index (κ1) is 15.1. The molecule has 2 heterocycles. The quantitative estimate of drug-likeness (QED) is 0.907. The molecule has 120 valence electrons. The Morgan fingerprint density at radius 3 is 2.65 bits per heavy atom. The highest BCUT2D eigenvalue weighted by Crippen LogP contribution is 2.32. The van der Waals surface area contributed by atoms with Crippen LogP contribution in [0.1, 0.15) is 34.6 Å². The molecule has 1 aromatic heterocycles. The summed E-state index contributed by atoms with van der Waals surface area (Å²) < 4.78 is 11.0. The lowest BCUT2D eigenvalue weighted by Gasteiger charge is -2.21. The number of carbonyl (C=O) groups excluding carboxylic acids is 1. The minimum atomic E-state index is -0.409. The summed E-state index contributed by atoms with van der Waals surface area (Å²) in [4.78, 5) is 26.7. The molecule has 0 saturated heterocycles. The van der Waals surface area contributed by atoms with Crippen molar-refractivity contribution >= 4 is 5.91 Å². The molecule has 1 aliphatic rings. The van der Waals surface area contributed by atoms with E-state index in [1.165, 1.54) is 6.07 Å². The van der Waals surface area contributed by atoms with Crippen molar-refractivity contribution in [3.8, 4) is 11.5 Å². The maximum Gasteiger partial charge on any atom is 0.260 e. The van der Waals surface area contributed by atoms with E-state index in [9.17, 15) is 9.59 Å². The van der Waals surface area contributed by atoms with Gasteiger partial charge in [-0.15, -0.1) is 0 Å². The Kier molecular flexibility index (Phi) is 4.06. The zero-order valence-corrected chi connectivity index (χ0v) is 13.0. The third kappa shape index (κ3) is 3.21. The summed E-state index contributed by atoms with van der Waals surface area (Å²) in [6, 6.07) is 8.51. The number of fused-ring (bicyclic) bond motifs is 1. The average Bonchev–Trinajstić information content (AvgIpc) is 2.54. The number of amides is 1. The van der Waals surface area contributed by atoms with E-state index in [1.54, 1.807) is 13.0 Å². The summed E-state index contributed by atoms with van der Waals surface area (Å²) in [6.07, 6.45) is 0. The summed E-state index contributed by atoms with van der Waals surface area (Å²) >= 11 is 0. The van der Waals surface area contributed by atoms with E-state index < -0.39 is 11.5 Å². The van der Waals surface area contributed by atoms with Gasteiger partial charge in [-0.2, -0.15) is 0 Å². The number of aromatic amines is 1. The minimum Gasteiger partial charge on any atom is -0.486 e. The van der Waals surface area contributed by atoms with Crippen LogP contribution in [0.15, 0.2) is 35.1 Å². The van der Waals surface area contributed by atoms with Crippen LogP contribution in [0.4, 0.5) is 0 Å². The van der Waals surface area contributed by atoms with Gasteiger partial charge in [-0.3, -0.25) is 9.59 Å². The van der Waals surface area contributed by atoms with Crippen LogP contribution < -0.4 is 20.3 Å². The Labute approximate surface area is 133 Å². The summed E-state index contributed by atoms with van der Waals surface area (Å²) in [5.74, 6) is 0.963. The number of hydrogen-bond acceptors (Lipinski definition) is 4. The molecule has 0 fully saturated rings. The van der Waals surface area contributed by atoms with E-state index in [2.05, 4.69) is 10.3 Å². The van der Waals surface area contributed by atoms with Crippen molar-refractivity contribution in [3.05, 3.63) is 57.5 Å². The zero-order valence-electron chi connectivity index (χ0n) is 13.0. The summed E-state index contributed by atoms with van der Waals surface area (Å²) in [5, 5.41) is 2.82. The van der Waals surface area contributed by atoms with Crippen LogP contribution in [-0.2, 0) is 0 Å². The number of hydrogen-bond donors (Lipinski definition) is 2. The maximum absolute atomic E-state index is 12.3. The molecule has 2 N–H and O–H groups in total. The number of rotatable bonds is 3. The lowest BCUT2D eigenvalue weighted by Crippen LogP contribution is -2.31. The first-order valence-corrected chi connectivity index (χ1v) is 7.45. The van der Waals surface area contributed by atoms with Crippen LogP contribution in [0.5, 0.6) is 11.5 Å². The highest BCUT2D eigenvalue weighted by atomic mass is 16.6. The smallest absolute Gasteiger partial charge is 0.260 e. The van der Waals surface area contributed by atoms with Crippen LogP contribution >= 0.6 is 0 Å². The standard InChI is InChI=1S/C17H18N2O4/c1-10-3-5-13(16(20)18-10)17(21)19-11(2)12-4-6-14-15(9-12)23-8-7-22-14/h3-6,9,11H,7-8H2,1-2H3,(H,18,20)(H,19,21)/t11-/m1/s1. The average molecular weight is 314 g/mol. The summed E-state index contributed by atoms with van der Waals surface area (Å²) in [5.41, 5.74) is 1.30. The fourth-order valence-corrected chi connectivity index (χ4v) is 2.44. The van der Waals surface area contributed by atoms with Gasteiger partial charge in [0.05, 0.1) is 6.04 Å². The first-order chi connectivity index (χ1) is 11.0. The highest BCUT2D eigenvalue weighted by Gasteiger charge is 2.17. The number of aromatic nitrogens is 1. The molecule has 1 aliphatic heterocycles. The van der Waals surface area contributed by atoms with Crippen molar-refractivity contribution in [2.75, 3.05) is 13.2 Å². The highest BCUT2D eigenvalue weighted by molar-refractivity contribution is 5.94. The second-order valence-corrected chi connectivity index (χ2v) is 5.48. The van der Waals surface area contributed by atoms with Crippen molar-refractivity contribution in [1.29, 1.82) is 0 Å². The Bertz CT molecular complexity index is 797. The van der Waals surface area contributed by atoms with Crippen molar-refractivity contribution in [2.45, 2.75) is 19.9 Å². The Balaban J connectivity index is 1.77. The van der Waals surface area contributed by atoms with E-state index in [1.807, 2.05) is 25.1 Å². The van der Waals surface area contributed by atoms with Crippen molar-refractivity contribution in [3.63, 3.8) is 0 Å². The van der Waals surface area contributed by atoms with Gasteiger partial charge in [-0.1, -0.05) is 6.07 Å². The van der Waals surface area contributed by atoms with Gasteiger partial charge in [0.15, 0.2) is 11.5 Å². The van der Waals surface area contributed by atoms with Crippen LogP contribution in [0.3, 0.4) is 0 Å². The number of H-pyrrole nitrogens is 1. The normalized spacial score (nSPS) is 14.2. The number of ether oxygens (including phenoxy) is 2. The first-order valence-electron chi connectivity index (χ1n) is 7.45. The van der Waals surface area contributed by atoms with Gasteiger partial charge in [-0.05, 0) is 43.7 Å². The molecule has 3 rings (SSSR count). The molecular formula is C17H18N2O4. The van der Waals surface area contributed by atoms with E-state index in [0.29, 0.717) is 30.4 Å². The Morgan fingerprint density at radius 1 is 1.17 bits per heavy atom. The SMILES string of the molecule is Cc1ccc(C(=O)N[C@H](C)c2ccc3c(c2)OCCO3)c(=O)[nH]1. The molecule has 1 amide bonds. The Morgan fingerprint density at radius 2 is 1.91 bits per heavy atom. The lowest BCUT2D eigenvalue weighted by atomic mass is 10.1. The third-order valence-electron chi connectivity index (χ3n) is 3.71. The van der Waals surface area contributed by atoms with E-state index in [0.717, 1.165) is 5.56 Å². The number of benzene rings is 1. The molecule has 1 aromatic carbocycles. The van der Waals surface area contributed by atoms with Crippen molar-refractivity contribution in [2.24, 2.45) is 0 Å². The van der Waals surface area contributed by atoms with Gasteiger partial charge in [0.25, 0.3) is 11.5 Å². The molecule has 0 bridgehead atoms. The lowest BCUT2D eigenvalue weighted by molar-refractivity contribution is 0.0938. The predicted octanol–water partition coefficient (Wildman–Crippen LogP) is 1.95. The molecule has 0 spiro atoms. The molecule has 0 saturated carbocycles. The van der Waals surface area contributed by atoms with Gasteiger partial charge >= 0.3 is 0 Å². The number of nitrogens with one attached hydrogen (secondary N) is 2. The fourth-order valence-electron chi connectivity index (χ4n) is 2.44. The molecule has 0 unspecified atom stereocenters. The fraction of sp³-hybridized carbons (Fsp3) is 0.294. The number of aryl methyl sites for hydroxylation is 1. The molecule has 23 heavy (non-hydrogen) atoms. The van der Waals surface area contributed by atoms with Crippen LogP contribution in [0.2, 0.25) is 0 Å². The maximum atomic E-state index is 12.3. The second kappa shape index (κ2) is 6.16. The summed E-state index contributed by atoms with van der Waals surface area (Å²) in [6.45, 7) is 4.66. The molecule has 0 aliphatic carbocycles. The zero-order chi connectivity index (χ0) is 16.4. The van der Waals surface area contributed by atoms with Gasteiger partial charge in [0.1, 0.15) is 18.8 Å². The summed E-state index contributed by atoms with van der Waals surface area (Å²) in [7, 11) is 0. The molecule has 2 aromatic rings. The molecule has 6 nitrogen and oxygen atoms in total. The number of carbonyl (C=O) groups is 1. The molecule has 0 radical (unpaired) electrons. The van der Waals surface area contributed by atoms with Crippen molar-refractivity contribution < 1.29 is 14.3 Å². The van der Waals surface area contributed by atoms with Gasteiger partial charge in [0, 0.05) is 5.69 Å². The minimum absolute atomic E-state index is 0.0972. The number of pyridine rings is 1. The van der Waals surface area contributed by atoms with Crippen LogP contribution in [0.25, 0.3) is 0 Å². The van der Waals surface area contributed by atoms with Crippen molar-refractivity contribution in [1.82, 2.24) is 10.3 Å². The second-order valence-electron chi connectivity index (χ2n) is 5.48. The van der Waals surface area contributed by atoms with Crippen LogP contribution in [-0.4, -0.2) is 24.1 Å². The largest absolute Gasteiger partial charge is 0.486 e. The topological polar surface area (TPSA) is 80.4 Å². The van der Waals surface area contributed by atoms with Gasteiger partial charge < -0.3 is 19.8 Å². The van der Waals surface area contributed by atoms with Gasteiger partial charge in [-0.25, -0.2) is 0 Å². The van der Waals surface area contributed by atoms with Gasteiger partial charge in [0.2, 0.25) is 0 Å².